The number of rotatable bonds is 12. The van der Waals surface area contributed by atoms with Gasteiger partial charge in [0.1, 0.15) is 5.82 Å². The Bertz CT molecular complexity index is 1380. The monoisotopic (exact) mass is 555 g/mol. The number of halogens is 5. The topological polar surface area (TPSA) is 21.1 Å². The van der Waals surface area contributed by atoms with Crippen LogP contribution in [0.1, 0.15) is 56.4 Å². The SMILES string of the molecule is CCCCN(Cc1ccc(C(F)(F)F)c(F)c1F)Cc1c(-c2ccccc2)nc(-c2ccccc2)n1CCCC. The highest BCUT2D eigenvalue weighted by Crippen LogP contribution is 2.34. The van der Waals surface area contributed by atoms with Crippen LogP contribution < -0.4 is 0 Å². The van der Waals surface area contributed by atoms with E-state index in [2.05, 4.69) is 11.5 Å². The first kappa shape index (κ1) is 29.5. The molecule has 0 saturated carbocycles. The van der Waals surface area contributed by atoms with E-state index in [9.17, 15) is 22.0 Å². The molecule has 3 aromatic carbocycles. The highest BCUT2D eigenvalue weighted by atomic mass is 19.4. The van der Waals surface area contributed by atoms with Crippen LogP contribution >= 0.6 is 0 Å². The molecule has 1 heterocycles. The van der Waals surface area contributed by atoms with E-state index in [1.807, 2.05) is 72.5 Å². The second-order valence-corrected chi connectivity index (χ2v) is 9.93. The molecule has 0 fully saturated rings. The van der Waals surface area contributed by atoms with Gasteiger partial charge in [-0.25, -0.2) is 13.8 Å². The Morgan fingerprint density at radius 3 is 1.98 bits per heavy atom. The summed E-state index contributed by atoms with van der Waals surface area (Å²) in [7, 11) is 0. The zero-order valence-electron chi connectivity index (χ0n) is 22.8. The summed E-state index contributed by atoms with van der Waals surface area (Å²) in [5.74, 6) is -2.49. The average Bonchev–Trinajstić information content (AvgIpc) is 3.31. The normalized spacial score (nSPS) is 11.9. The first-order chi connectivity index (χ1) is 19.2. The summed E-state index contributed by atoms with van der Waals surface area (Å²) in [5.41, 5.74) is 1.94. The van der Waals surface area contributed by atoms with Gasteiger partial charge in [-0.3, -0.25) is 4.90 Å². The molecule has 0 unspecified atom stereocenters. The van der Waals surface area contributed by atoms with Crippen molar-refractivity contribution in [3.8, 4) is 22.6 Å². The van der Waals surface area contributed by atoms with Crippen LogP contribution in [0.25, 0.3) is 22.6 Å². The van der Waals surface area contributed by atoms with Gasteiger partial charge >= 0.3 is 6.18 Å². The summed E-state index contributed by atoms with van der Waals surface area (Å²) in [5, 5.41) is 0. The van der Waals surface area contributed by atoms with Gasteiger partial charge in [0.15, 0.2) is 11.6 Å². The molecule has 0 spiro atoms. The molecule has 0 saturated heterocycles. The maximum atomic E-state index is 14.9. The van der Waals surface area contributed by atoms with Crippen molar-refractivity contribution in [1.82, 2.24) is 14.5 Å². The number of hydrogen-bond donors (Lipinski definition) is 0. The van der Waals surface area contributed by atoms with Crippen LogP contribution in [0.5, 0.6) is 0 Å². The second-order valence-electron chi connectivity index (χ2n) is 9.93. The zero-order valence-corrected chi connectivity index (χ0v) is 22.8. The van der Waals surface area contributed by atoms with Gasteiger partial charge in [-0.05, 0) is 25.5 Å². The largest absolute Gasteiger partial charge is 0.419 e. The molecule has 0 aliphatic carbocycles. The van der Waals surface area contributed by atoms with Crippen LogP contribution in [0.3, 0.4) is 0 Å². The number of nitrogens with zero attached hydrogens (tertiary/aromatic N) is 3. The number of aromatic nitrogens is 2. The lowest BCUT2D eigenvalue weighted by molar-refractivity contribution is -0.140. The fourth-order valence-corrected chi connectivity index (χ4v) is 4.82. The molecule has 1 aromatic heterocycles. The van der Waals surface area contributed by atoms with Gasteiger partial charge in [0.05, 0.1) is 17.0 Å². The van der Waals surface area contributed by atoms with Crippen molar-refractivity contribution < 1.29 is 22.0 Å². The summed E-state index contributed by atoms with van der Waals surface area (Å²) in [6, 6.07) is 21.4. The van der Waals surface area contributed by atoms with Gasteiger partial charge in [0.25, 0.3) is 0 Å². The summed E-state index contributed by atoms with van der Waals surface area (Å²) in [6.45, 7) is 5.77. The number of benzene rings is 3. The van der Waals surface area contributed by atoms with E-state index in [4.69, 9.17) is 4.98 Å². The van der Waals surface area contributed by atoms with Gasteiger partial charge in [-0.1, -0.05) is 93.4 Å². The van der Waals surface area contributed by atoms with Crippen molar-refractivity contribution in [1.29, 1.82) is 0 Å². The number of hydrogen-bond acceptors (Lipinski definition) is 2. The van der Waals surface area contributed by atoms with Crippen molar-refractivity contribution in [2.24, 2.45) is 0 Å². The van der Waals surface area contributed by atoms with Crippen LogP contribution in [-0.4, -0.2) is 21.0 Å². The fraction of sp³-hybridized carbons (Fsp3) is 0.344. The Morgan fingerprint density at radius 1 is 0.750 bits per heavy atom. The third-order valence-corrected chi connectivity index (χ3v) is 6.95. The molecule has 8 heteroatoms. The molecule has 0 radical (unpaired) electrons. The number of alkyl halides is 3. The fourth-order valence-electron chi connectivity index (χ4n) is 4.82. The lowest BCUT2D eigenvalue weighted by Crippen LogP contribution is -2.27. The summed E-state index contributed by atoms with van der Waals surface area (Å²) >= 11 is 0. The van der Waals surface area contributed by atoms with Crippen molar-refractivity contribution >= 4 is 0 Å². The summed E-state index contributed by atoms with van der Waals surface area (Å²) in [4.78, 5) is 7.06. The van der Waals surface area contributed by atoms with Gasteiger partial charge in [0, 0.05) is 36.3 Å². The maximum Gasteiger partial charge on any atom is 0.419 e. The van der Waals surface area contributed by atoms with Crippen molar-refractivity contribution in [3.63, 3.8) is 0 Å². The van der Waals surface area contributed by atoms with Crippen LogP contribution in [0.4, 0.5) is 22.0 Å². The van der Waals surface area contributed by atoms with Gasteiger partial charge in [0.2, 0.25) is 0 Å². The molecular weight excluding hydrogens is 521 g/mol. The van der Waals surface area contributed by atoms with E-state index in [1.54, 1.807) is 0 Å². The molecule has 4 aromatic rings. The quantitative estimate of drug-likeness (QED) is 0.163. The van der Waals surface area contributed by atoms with E-state index >= 15 is 0 Å². The first-order valence-corrected chi connectivity index (χ1v) is 13.7. The average molecular weight is 556 g/mol. The van der Waals surface area contributed by atoms with E-state index < -0.39 is 23.4 Å². The molecule has 0 N–H and O–H groups in total. The molecular formula is C32H34F5N3. The van der Waals surface area contributed by atoms with Crippen LogP contribution in [0.2, 0.25) is 0 Å². The summed E-state index contributed by atoms with van der Waals surface area (Å²) < 4.78 is 71.0. The van der Waals surface area contributed by atoms with Crippen LogP contribution in [0.15, 0.2) is 72.8 Å². The van der Waals surface area contributed by atoms with E-state index in [0.717, 1.165) is 66.6 Å². The Labute approximate surface area is 232 Å². The predicted octanol–water partition coefficient (Wildman–Crippen LogP) is 9.12. The number of unbranched alkanes of at least 4 members (excludes halogenated alkanes) is 2. The Hall–Kier alpha value is -3.52. The van der Waals surface area contributed by atoms with E-state index in [0.29, 0.717) is 19.2 Å². The Balaban J connectivity index is 1.80. The first-order valence-electron chi connectivity index (χ1n) is 13.7. The lowest BCUT2D eigenvalue weighted by Gasteiger charge is -2.25. The zero-order chi connectivity index (χ0) is 28.7. The van der Waals surface area contributed by atoms with Crippen molar-refractivity contribution in [2.75, 3.05) is 6.54 Å². The number of imidazole rings is 1. The minimum atomic E-state index is -4.96. The minimum Gasteiger partial charge on any atom is -0.326 e. The van der Waals surface area contributed by atoms with Gasteiger partial charge in [-0.15, -0.1) is 0 Å². The van der Waals surface area contributed by atoms with Crippen LogP contribution in [-0.2, 0) is 25.8 Å². The standard InChI is InChI=1S/C32H34F5N3/c1-3-5-19-39(21-25-17-18-26(32(35,36)37)29(34)28(25)33)22-27-30(23-13-9-7-10-14-23)38-31(40(27)20-6-4-2)24-15-11-8-12-16-24/h7-18H,3-6,19-22H2,1-2H3. The van der Waals surface area contributed by atoms with Crippen molar-refractivity contribution in [3.05, 3.63) is 101 Å². The summed E-state index contributed by atoms with van der Waals surface area (Å²) in [6.07, 6.45) is -1.40. The van der Waals surface area contributed by atoms with Crippen molar-refractivity contribution in [2.45, 2.75) is 65.3 Å². The highest BCUT2D eigenvalue weighted by Gasteiger charge is 2.36. The molecule has 0 bridgehead atoms. The Morgan fingerprint density at radius 2 is 1.38 bits per heavy atom. The third-order valence-electron chi connectivity index (χ3n) is 6.95. The predicted molar refractivity (Wildman–Crippen MR) is 148 cm³/mol. The van der Waals surface area contributed by atoms with Gasteiger partial charge < -0.3 is 4.57 Å². The third kappa shape index (κ3) is 6.78. The maximum absolute atomic E-state index is 14.9. The molecule has 0 amide bonds. The molecule has 40 heavy (non-hydrogen) atoms. The van der Waals surface area contributed by atoms with E-state index in [-0.39, 0.29) is 12.1 Å². The molecule has 0 atom stereocenters. The Kier molecular flexibility index (Phi) is 9.74. The molecule has 0 aliphatic heterocycles. The van der Waals surface area contributed by atoms with Crippen LogP contribution in [0, 0.1) is 11.6 Å². The second kappa shape index (κ2) is 13.2. The minimum absolute atomic E-state index is 0.0330. The molecule has 3 nitrogen and oxygen atoms in total. The molecule has 0 aliphatic rings. The highest BCUT2D eigenvalue weighted by molar-refractivity contribution is 5.68. The lowest BCUT2D eigenvalue weighted by atomic mass is 10.1. The van der Waals surface area contributed by atoms with E-state index in [1.165, 1.54) is 0 Å². The molecule has 212 valence electrons. The molecule has 4 rings (SSSR count). The van der Waals surface area contributed by atoms with Gasteiger partial charge in [-0.2, -0.15) is 13.2 Å². The smallest absolute Gasteiger partial charge is 0.326 e.